The van der Waals surface area contributed by atoms with Gasteiger partial charge >= 0.3 is 0 Å². The molecule has 2 aromatic carbocycles. The number of fused-ring (bicyclic) bond motifs is 1. The second kappa shape index (κ2) is 5.96. The Bertz CT molecular complexity index is 763. The van der Waals surface area contributed by atoms with Crippen molar-refractivity contribution < 1.29 is 4.39 Å². The SMILES string of the molecule is CCc1cccc(C(NC)c2cc3cc(F)ccc3s2)c1. The summed E-state index contributed by atoms with van der Waals surface area (Å²) in [6.07, 6.45) is 1.03. The van der Waals surface area contributed by atoms with Gasteiger partial charge in [0.2, 0.25) is 0 Å². The van der Waals surface area contributed by atoms with E-state index in [4.69, 9.17) is 0 Å². The Balaban J connectivity index is 2.04. The first-order chi connectivity index (χ1) is 10.2. The Morgan fingerprint density at radius 2 is 2.00 bits per heavy atom. The Hall–Kier alpha value is -1.71. The maximum absolute atomic E-state index is 13.3. The van der Waals surface area contributed by atoms with E-state index in [9.17, 15) is 4.39 Å². The second-order valence-electron chi connectivity index (χ2n) is 5.15. The molecular weight excluding hydrogens is 281 g/mol. The summed E-state index contributed by atoms with van der Waals surface area (Å²) in [7, 11) is 1.97. The molecule has 1 nitrogen and oxygen atoms in total. The van der Waals surface area contributed by atoms with Gasteiger partial charge in [-0.1, -0.05) is 31.2 Å². The van der Waals surface area contributed by atoms with Gasteiger partial charge in [-0.3, -0.25) is 0 Å². The topological polar surface area (TPSA) is 12.0 Å². The van der Waals surface area contributed by atoms with Crippen molar-refractivity contribution in [1.29, 1.82) is 0 Å². The van der Waals surface area contributed by atoms with Gasteiger partial charge in [0.25, 0.3) is 0 Å². The Morgan fingerprint density at radius 3 is 2.76 bits per heavy atom. The highest BCUT2D eigenvalue weighted by atomic mass is 32.1. The summed E-state index contributed by atoms with van der Waals surface area (Å²) in [5.41, 5.74) is 2.59. The number of rotatable bonds is 4. The number of thiophene rings is 1. The third kappa shape index (κ3) is 2.85. The molecule has 108 valence electrons. The summed E-state index contributed by atoms with van der Waals surface area (Å²) in [5, 5.41) is 4.35. The number of hydrogen-bond acceptors (Lipinski definition) is 2. The van der Waals surface area contributed by atoms with Crippen LogP contribution >= 0.6 is 11.3 Å². The van der Waals surface area contributed by atoms with E-state index in [1.165, 1.54) is 22.1 Å². The Kier molecular flexibility index (Phi) is 4.04. The van der Waals surface area contributed by atoms with Crippen molar-refractivity contribution >= 4 is 21.4 Å². The fourth-order valence-electron chi connectivity index (χ4n) is 2.64. The van der Waals surface area contributed by atoms with Gasteiger partial charge in [0.1, 0.15) is 5.82 Å². The smallest absolute Gasteiger partial charge is 0.123 e. The number of hydrogen-bond donors (Lipinski definition) is 1. The molecule has 0 saturated carbocycles. The van der Waals surface area contributed by atoms with Crippen LogP contribution < -0.4 is 5.32 Å². The summed E-state index contributed by atoms with van der Waals surface area (Å²) in [6.45, 7) is 2.16. The average Bonchev–Trinajstić information content (AvgIpc) is 2.91. The normalized spacial score (nSPS) is 12.7. The van der Waals surface area contributed by atoms with Gasteiger partial charge in [-0.2, -0.15) is 0 Å². The lowest BCUT2D eigenvalue weighted by Crippen LogP contribution is -2.16. The lowest BCUT2D eigenvalue weighted by atomic mass is 10.0. The molecule has 0 saturated heterocycles. The largest absolute Gasteiger partial charge is 0.309 e. The van der Waals surface area contributed by atoms with E-state index >= 15 is 0 Å². The molecule has 3 aromatic rings. The summed E-state index contributed by atoms with van der Waals surface area (Å²) in [5.74, 6) is -0.180. The van der Waals surface area contributed by atoms with Crippen LogP contribution in [0.1, 0.15) is 29.0 Å². The highest BCUT2D eigenvalue weighted by Gasteiger charge is 2.15. The number of nitrogens with one attached hydrogen (secondary N) is 1. The minimum absolute atomic E-state index is 0.150. The van der Waals surface area contributed by atoms with Crippen LogP contribution in [0, 0.1) is 5.82 Å². The molecule has 3 rings (SSSR count). The standard InChI is InChI=1S/C18H18FNS/c1-3-12-5-4-6-13(9-12)18(20-2)17-11-14-10-15(19)7-8-16(14)21-17/h4-11,18,20H,3H2,1-2H3. The lowest BCUT2D eigenvalue weighted by molar-refractivity contribution is 0.630. The maximum atomic E-state index is 13.3. The molecule has 21 heavy (non-hydrogen) atoms. The van der Waals surface area contributed by atoms with Crippen LogP contribution in [0.15, 0.2) is 48.5 Å². The maximum Gasteiger partial charge on any atom is 0.123 e. The molecule has 0 amide bonds. The molecule has 0 aliphatic heterocycles. The minimum Gasteiger partial charge on any atom is -0.309 e. The highest BCUT2D eigenvalue weighted by molar-refractivity contribution is 7.19. The summed E-state index contributed by atoms with van der Waals surface area (Å²) >= 11 is 1.72. The fourth-order valence-corrected chi connectivity index (χ4v) is 3.83. The molecule has 0 aliphatic carbocycles. The average molecular weight is 299 g/mol. The summed E-state index contributed by atoms with van der Waals surface area (Å²) in [4.78, 5) is 1.21. The van der Waals surface area contributed by atoms with E-state index in [0.717, 1.165) is 16.5 Å². The van der Waals surface area contributed by atoms with Gasteiger partial charge in [0.05, 0.1) is 6.04 Å². The third-order valence-electron chi connectivity index (χ3n) is 3.76. The number of aryl methyl sites for hydroxylation is 1. The predicted molar refractivity (Wildman–Crippen MR) is 88.5 cm³/mol. The second-order valence-corrected chi connectivity index (χ2v) is 6.27. The number of benzene rings is 2. The molecule has 1 unspecified atom stereocenters. The van der Waals surface area contributed by atoms with Gasteiger partial charge in [-0.05, 0) is 54.2 Å². The zero-order valence-electron chi connectivity index (χ0n) is 12.2. The van der Waals surface area contributed by atoms with Gasteiger partial charge < -0.3 is 5.32 Å². The molecule has 1 heterocycles. The molecule has 0 radical (unpaired) electrons. The van der Waals surface area contributed by atoms with Crippen LogP contribution in [0.4, 0.5) is 4.39 Å². The first kappa shape index (κ1) is 14.2. The van der Waals surface area contributed by atoms with Crippen LogP contribution in [0.2, 0.25) is 0 Å². The van der Waals surface area contributed by atoms with Crippen molar-refractivity contribution in [2.45, 2.75) is 19.4 Å². The molecule has 1 aromatic heterocycles. The highest BCUT2D eigenvalue weighted by Crippen LogP contribution is 2.33. The molecule has 1 atom stereocenters. The Morgan fingerprint density at radius 1 is 1.14 bits per heavy atom. The first-order valence-electron chi connectivity index (χ1n) is 7.16. The van der Waals surface area contributed by atoms with Crippen LogP contribution in [0.3, 0.4) is 0 Å². The monoisotopic (exact) mass is 299 g/mol. The third-order valence-corrected chi connectivity index (χ3v) is 4.94. The predicted octanol–water partition coefficient (Wildman–Crippen LogP) is 4.91. The van der Waals surface area contributed by atoms with Gasteiger partial charge in [0, 0.05) is 9.58 Å². The summed E-state index contributed by atoms with van der Waals surface area (Å²) in [6, 6.07) is 15.9. The molecule has 3 heteroatoms. The summed E-state index contributed by atoms with van der Waals surface area (Å²) < 4.78 is 14.5. The van der Waals surface area contributed by atoms with E-state index in [2.05, 4.69) is 42.6 Å². The molecule has 0 aliphatic rings. The first-order valence-corrected chi connectivity index (χ1v) is 7.98. The Labute approximate surface area is 128 Å². The van der Waals surface area contributed by atoms with Crippen molar-refractivity contribution in [1.82, 2.24) is 5.32 Å². The minimum atomic E-state index is -0.180. The molecule has 0 bridgehead atoms. The van der Waals surface area contributed by atoms with Crippen molar-refractivity contribution in [3.8, 4) is 0 Å². The van der Waals surface area contributed by atoms with E-state index in [1.54, 1.807) is 17.4 Å². The van der Waals surface area contributed by atoms with Gasteiger partial charge in [0.15, 0.2) is 0 Å². The van der Waals surface area contributed by atoms with Crippen molar-refractivity contribution in [3.05, 3.63) is 70.4 Å². The van der Waals surface area contributed by atoms with Gasteiger partial charge in [-0.25, -0.2) is 4.39 Å². The van der Waals surface area contributed by atoms with Crippen LogP contribution in [0.5, 0.6) is 0 Å². The molecular formula is C18H18FNS. The fraction of sp³-hybridized carbons (Fsp3) is 0.222. The molecule has 0 fully saturated rings. The van der Waals surface area contributed by atoms with E-state index in [0.29, 0.717) is 0 Å². The van der Waals surface area contributed by atoms with E-state index in [1.807, 2.05) is 13.1 Å². The van der Waals surface area contributed by atoms with Crippen LogP contribution in [0.25, 0.3) is 10.1 Å². The molecule has 0 spiro atoms. The van der Waals surface area contributed by atoms with Crippen molar-refractivity contribution in [2.24, 2.45) is 0 Å². The van der Waals surface area contributed by atoms with Gasteiger partial charge in [-0.15, -0.1) is 11.3 Å². The van der Waals surface area contributed by atoms with Crippen LogP contribution in [-0.4, -0.2) is 7.05 Å². The zero-order chi connectivity index (χ0) is 14.8. The zero-order valence-corrected chi connectivity index (χ0v) is 13.0. The van der Waals surface area contributed by atoms with E-state index < -0.39 is 0 Å². The van der Waals surface area contributed by atoms with Crippen molar-refractivity contribution in [3.63, 3.8) is 0 Å². The van der Waals surface area contributed by atoms with Crippen molar-refractivity contribution in [2.75, 3.05) is 7.05 Å². The van der Waals surface area contributed by atoms with Crippen LogP contribution in [-0.2, 0) is 6.42 Å². The molecule has 1 N–H and O–H groups in total. The lowest BCUT2D eigenvalue weighted by Gasteiger charge is -2.15. The van der Waals surface area contributed by atoms with E-state index in [-0.39, 0.29) is 11.9 Å². The quantitative estimate of drug-likeness (QED) is 0.721. The number of halogens is 1.